The first-order valence-corrected chi connectivity index (χ1v) is 10.6. The first kappa shape index (κ1) is 19.6. The van der Waals surface area contributed by atoms with Gasteiger partial charge in [-0.3, -0.25) is 4.79 Å². The zero-order valence-corrected chi connectivity index (χ0v) is 16.9. The van der Waals surface area contributed by atoms with Gasteiger partial charge >= 0.3 is 0 Å². The molecule has 150 valence electrons. The number of carbonyl (C=O) groups is 1. The number of carbonyl (C=O) groups excluding carboxylic acids is 1. The van der Waals surface area contributed by atoms with E-state index >= 15 is 0 Å². The molecule has 29 heavy (non-hydrogen) atoms. The van der Waals surface area contributed by atoms with Gasteiger partial charge in [0.2, 0.25) is 11.1 Å². The minimum atomic E-state index is -0.364. The summed E-state index contributed by atoms with van der Waals surface area (Å²) < 4.78 is 15.0. The van der Waals surface area contributed by atoms with Crippen molar-refractivity contribution in [3.8, 4) is 5.69 Å². The van der Waals surface area contributed by atoms with Gasteiger partial charge in [-0.25, -0.2) is 4.39 Å². The molecule has 1 saturated carbocycles. The van der Waals surface area contributed by atoms with Crippen LogP contribution in [0.15, 0.2) is 59.8 Å². The SMILES string of the molecule is CC(C1CC1)N(Cc1ccccc1)C(=O)CSc1nnnn1-c1cccc(F)c1. The van der Waals surface area contributed by atoms with Gasteiger partial charge in [-0.1, -0.05) is 48.2 Å². The van der Waals surface area contributed by atoms with E-state index in [1.165, 1.54) is 41.4 Å². The number of thioether (sulfide) groups is 1. The lowest BCUT2D eigenvalue weighted by molar-refractivity contribution is -0.131. The van der Waals surface area contributed by atoms with E-state index in [9.17, 15) is 9.18 Å². The molecule has 2 aromatic carbocycles. The van der Waals surface area contributed by atoms with Gasteiger partial charge < -0.3 is 4.90 Å². The standard InChI is InChI=1S/C21H22FN5OS/c1-15(17-10-11-17)26(13-16-6-3-2-4-7-16)20(28)14-29-21-23-24-25-27(21)19-9-5-8-18(22)12-19/h2-9,12,15,17H,10-11,13-14H2,1H3. The number of hydrogen-bond donors (Lipinski definition) is 0. The largest absolute Gasteiger partial charge is 0.335 e. The van der Waals surface area contributed by atoms with E-state index in [0.717, 1.165) is 5.56 Å². The second kappa shape index (κ2) is 8.73. The molecule has 1 unspecified atom stereocenters. The number of nitrogens with zero attached hydrogens (tertiary/aromatic N) is 5. The Morgan fingerprint density at radius 2 is 2.03 bits per heavy atom. The zero-order chi connectivity index (χ0) is 20.2. The third-order valence-corrected chi connectivity index (χ3v) is 6.03. The summed E-state index contributed by atoms with van der Waals surface area (Å²) in [7, 11) is 0. The van der Waals surface area contributed by atoms with Crippen LogP contribution in [-0.4, -0.2) is 42.8 Å². The highest BCUT2D eigenvalue weighted by Gasteiger charge is 2.34. The number of aromatic nitrogens is 4. The lowest BCUT2D eigenvalue weighted by atomic mass is 10.1. The molecule has 1 amide bonds. The van der Waals surface area contributed by atoms with Crippen molar-refractivity contribution in [3.63, 3.8) is 0 Å². The molecule has 4 rings (SSSR count). The van der Waals surface area contributed by atoms with E-state index in [-0.39, 0.29) is 23.5 Å². The summed E-state index contributed by atoms with van der Waals surface area (Å²) in [6, 6.07) is 16.3. The van der Waals surface area contributed by atoms with Crippen LogP contribution in [0.2, 0.25) is 0 Å². The molecule has 1 aliphatic carbocycles. The molecular formula is C21H22FN5OS. The molecule has 8 heteroatoms. The molecule has 0 radical (unpaired) electrons. The molecular weight excluding hydrogens is 389 g/mol. The number of halogens is 1. The molecule has 1 fully saturated rings. The van der Waals surface area contributed by atoms with Crippen LogP contribution in [-0.2, 0) is 11.3 Å². The summed E-state index contributed by atoms with van der Waals surface area (Å²) in [4.78, 5) is 15.0. The molecule has 6 nitrogen and oxygen atoms in total. The smallest absolute Gasteiger partial charge is 0.233 e. The number of hydrogen-bond acceptors (Lipinski definition) is 5. The first-order chi connectivity index (χ1) is 14.1. The number of tetrazole rings is 1. The van der Waals surface area contributed by atoms with Crippen LogP contribution in [0.3, 0.4) is 0 Å². The molecule has 0 bridgehead atoms. The van der Waals surface area contributed by atoms with Crippen LogP contribution in [0, 0.1) is 11.7 Å². The molecule has 0 spiro atoms. The second-order valence-electron chi connectivity index (χ2n) is 7.23. The van der Waals surface area contributed by atoms with Gasteiger partial charge in [-0.15, -0.1) is 5.10 Å². The summed E-state index contributed by atoms with van der Waals surface area (Å²) in [5, 5.41) is 12.1. The number of benzene rings is 2. The predicted octanol–water partition coefficient (Wildman–Crippen LogP) is 3.72. The highest BCUT2D eigenvalue weighted by molar-refractivity contribution is 7.99. The molecule has 1 aliphatic rings. The van der Waals surface area contributed by atoms with Crippen LogP contribution in [0.4, 0.5) is 4.39 Å². The summed E-state index contributed by atoms with van der Waals surface area (Å²) in [6.07, 6.45) is 2.34. The van der Waals surface area contributed by atoms with Gasteiger partial charge in [0.15, 0.2) is 0 Å². The van der Waals surface area contributed by atoms with E-state index in [4.69, 9.17) is 0 Å². The lowest BCUT2D eigenvalue weighted by Crippen LogP contribution is -2.40. The van der Waals surface area contributed by atoms with E-state index in [1.54, 1.807) is 12.1 Å². The van der Waals surface area contributed by atoms with Gasteiger partial charge in [0, 0.05) is 12.6 Å². The number of amides is 1. The van der Waals surface area contributed by atoms with Crippen LogP contribution in [0.5, 0.6) is 0 Å². The van der Waals surface area contributed by atoms with Gasteiger partial charge in [0.1, 0.15) is 5.82 Å². The highest BCUT2D eigenvalue weighted by Crippen LogP contribution is 2.36. The van der Waals surface area contributed by atoms with Gasteiger partial charge in [0.25, 0.3) is 0 Å². The Bertz CT molecular complexity index is 976. The minimum absolute atomic E-state index is 0.0482. The van der Waals surface area contributed by atoms with Crippen LogP contribution < -0.4 is 0 Å². The molecule has 3 aromatic rings. The summed E-state index contributed by atoms with van der Waals surface area (Å²) in [5.74, 6) is 0.481. The molecule has 1 aromatic heterocycles. The Kier molecular flexibility index (Phi) is 5.89. The van der Waals surface area contributed by atoms with Crippen molar-refractivity contribution in [3.05, 3.63) is 66.0 Å². The van der Waals surface area contributed by atoms with Crippen molar-refractivity contribution in [1.82, 2.24) is 25.1 Å². The van der Waals surface area contributed by atoms with E-state index < -0.39 is 0 Å². The normalized spacial score (nSPS) is 14.6. The summed E-state index contributed by atoms with van der Waals surface area (Å²) in [6.45, 7) is 2.71. The van der Waals surface area contributed by atoms with Gasteiger partial charge in [-0.2, -0.15) is 4.68 Å². The predicted molar refractivity (Wildman–Crippen MR) is 109 cm³/mol. The summed E-state index contributed by atoms with van der Waals surface area (Å²) in [5.41, 5.74) is 1.64. The Balaban J connectivity index is 1.46. The Hall–Kier alpha value is -2.74. The fourth-order valence-electron chi connectivity index (χ4n) is 3.32. The lowest BCUT2D eigenvalue weighted by Gasteiger charge is -2.29. The van der Waals surface area contributed by atoms with Crippen molar-refractivity contribution in [2.24, 2.45) is 5.92 Å². The highest BCUT2D eigenvalue weighted by atomic mass is 32.2. The van der Waals surface area contributed by atoms with Crippen molar-refractivity contribution in [2.75, 3.05) is 5.75 Å². The zero-order valence-electron chi connectivity index (χ0n) is 16.1. The van der Waals surface area contributed by atoms with E-state index in [2.05, 4.69) is 22.4 Å². The van der Waals surface area contributed by atoms with Crippen molar-refractivity contribution >= 4 is 17.7 Å². The van der Waals surface area contributed by atoms with E-state index in [1.807, 2.05) is 35.2 Å². The molecule has 0 N–H and O–H groups in total. The molecule has 0 saturated heterocycles. The molecule has 1 atom stereocenters. The molecule has 1 heterocycles. The van der Waals surface area contributed by atoms with E-state index in [0.29, 0.717) is 23.3 Å². The molecule has 0 aliphatic heterocycles. The van der Waals surface area contributed by atoms with Crippen LogP contribution >= 0.6 is 11.8 Å². The third-order valence-electron chi connectivity index (χ3n) is 5.13. The average Bonchev–Trinajstić information content (AvgIpc) is 3.48. The maximum Gasteiger partial charge on any atom is 0.233 e. The van der Waals surface area contributed by atoms with Crippen molar-refractivity contribution < 1.29 is 9.18 Å². The van der Waals surface area contributed by atoms with Gasteiger partial charge in [-0.05, 0) is 59.9 Å². The Morgan fingerprint density at radius 3 is 2.76 bits per heavy atom. The topological polar surface area (TPSA) is 63.9 Å². The maximum atomic E-state index is 13.5. The summed E-state index contributed by atoms with van der Waals surface area (Å²) >= 11 is 1.26. The fraction of sp³-hybridized carbons (Fsp3) is 0.333. The maximum absolute atomic E-state index is 13.5. The number of rotatable bonds is 8. The van der Waals surface area contributed by atoms with Gasteiger partial charge in [0.05, 0.1) is 11.4 Å². The third kappa shape index (κ3) is 4.82. The van der Waals surface area contributed by atoms with Crippen molar-refractivity contribution in [1.29, 1.82) is 0 Å². The fourth-order valence-corrected chi connectivity index (χ4v) is 4.10. The minimum Gasteiger partial charge on any atom is -0.335 e. The Labute approximate surface area is 173 Å². The Morgan fingerprint density at radius 1 is 1.24 bits per heavy atom. The second-order valence-corrected chi connectivity index (χ2v) is 8.17. The monoisotopic (exact) mass is 411 g/mol. The van der Waals surface area contributed by atoms with Crippen LogP contribution in [0.1, 0.15) is 25.3 Å². The van der Waals surface area contributed by atoms with Crippen molar-refractivity contribution in [2.45, 2.75) is 37.5 Å². The van der Waals surface area contributed by atoms with Crippen LogP contribution in [0.25, 0.3) is 5.69 Å². The first-order valence-electron chi connectivity index (χ1n) is 9.62. The quantitative estimate of drug-likeness (QED) is 0.529. The average molecular weight is 412 g/mol.